The number of piperidine rings is 1. The molecule has 2 rings (SSSR count). The lowest BCUT2D eigenvalue weighted by molar-refractivity contribution is 0.0663. The Labute approximate surface area is 107 Å². The summed E-state index contributed by atoms with van der Waals surface area (Å²) in [6.07, 6.45) is 0.851. The number of phenolic OH excluding ortho intramolecular Hbond substituents is 1. The topological polar surface area (TPSA) is 66.6 Å². The van der Waals surface area contributed by atoms with Gasteiger partial charge in [-0.05, 0) is 43.0 Å². The molecule has 4 heteroatoms. The average molecular weight is 248 g/mol. The molecule has 18 heavy (non-hydrogen) atoms. The highest BCUT2D eigenvalue weighted by atomic mass is 16.3. The van der Waals surface area contributed by atoms with Crippen LogP contribution < -0.4 is 5.73 Å². The van der Waals surface area contributed by atoms with E-state index in [0.29, 0.717) is 24.6 Å². The largest absolute Gasteiger partial charge is 0.508 e. The maximum Gasteiger partial charge on any atom is 0.254 e. The summed E-state index contributed by atoms with van der Waals surface area (Å²) in [6, 6.07) is 5.05. The molecule has 98 valence electrons. The Bertz CT molecular complexity index is 459. The van der Waals surface area contributed by atoms with E-state index in [1.54, 1.807) is 18.2 Å². The quantitative estimate of drug-likeness (QED) is 0.791. The van der Waals surface area contributed by atoms with Gasteiger partial charge in [0.15, 0.2) is 0 Å². The van der Waals surface area contributed by atoms with Crippen LogP contribution in [0.15, 0.2) is 18.2 Å². The van der Waals surface area contributed by atoms with Crippen LogP contribution in [0, 0.1) is 12.8 Å². The molecule has 1 saturated heterocycles. The molecule has 1 fully saturated rings. The van der Waals surface area contributed by atoms with E-state index in [4.69, 9.17) is 5.73 Å². The summed E-state index contributed by atoms with van der Waals surface area (Å²) in [6.45, 7) is 5.34. The van der Waals surface area contributed by atoms with Gasteiger partial charge in [0.05, 0.1) is 0 Å². The molecule has 1 aromatic carbocycles. The van der Waals surface area contributed by atoms with Gasteiger partial charge >= 0.3 is 0 Å². The monoisotopic (exact) mass is 248 g/mol. The van der Waals surface area contributed by atoms with E-state index in [1.165, 1.54) is 0 Å². The first-order valence-corrected chi connectivity index (χ1v) is 6.33. The minimum atomic E-state index is 0.0336. The van der Waals surface area contributed by atoms with Crippen LogP contribution in [-0.4, -0.2) is 35.0 Å². The Balaban J connectivity index is 2.16. The molecule has 1 aliphatic heterocycles. The van der Waals surface area contributed by atoms with E-state index in [-0.39, 0.29) is 17.7 Å². The zero-order valence-electron chi connectivity index (χ0n) is 10.9. The van der Waals surface area contributed by atoms with Crippen LogP contribution in [0.1, 0.15) is 29.3 Å². The lowest BCUT2D eigenvalue weighted by Crippen LogP contribution is -2.48. The number of benzene rings is 1. The number of likely N-dealkylation sites (tertiary alicyclic amines) is 1. The maximum absolute atomic E-state index is 12.4. The lowest BCUT2D eigenvalue weighted by atomic mass is 9.94. The number of rotatable bonds is 1. The van der Waals surface area contributed by atoms with Gasteiger partial charge in [-0.3, -0.25) is 4.79 Å². The fourth-order valence-corrected chi connectivity index (χ4v) is 2.41. The first-order chi connectivity index (χ1) is 8.49. The van der Waals surface area contributed by atoms with Crippen LogP contribution in [0.4, 0.5) is 0 Å². The third-order valence-corrected chi connectivity index (χ3v) is 3.70. The van der Waals surface area contributed by atoms with Crippen molar-refractivity contribution >= 4 is 5.91 Å². The zero-order chi connectivity index (χ0) is 13.3. The highest BCUT2D eigenvalue weighted by Crippen LogP contribution is 2.21. The molecule has 2 atom stereocenters. The van der Waals surface area contributed by atoms with Crippen molar-refractivity contribution in [2.75, 3.05) is 13.1 Å². The Kier molecular flexibility index (Phi) is 3.57. The van der Waals surface area contributed by atoms with Crippen molar-refractivity contribution in [1.29, 1.82) is 0 Å². The van der Waals surface area contributed by atoms with Crippen LogP contribution in [0.3, 0.4) is 0 Å². The highest BCUT2D eigenvalue weighted by molar-refractivity contribution is 5.95. The molecule has 0 saturated carbocycles. The van der Waals surface area contributed by atoms with E-state index in [2.05, 4.69) is 6.92 Å². The van der Waals surface area contributed by atoms with Gasteiger partial charge in [0.25, 0.3) is 5.91 Å². The first-order valence-electron chi connectivity index (χ1n) is 6.33. The number of aromatic hydroxyl groups is 1. The standard InChI is InChI=1S/C14H20N2O2/c1-9-7-11(17)3-4-12(9)14(18)16-6-5-13(15)10(2)8-16/h3-4,7,10,13,17H,5-6,8,15H2,1-2H3. The summed E-state index contributed by atoms with van der Waals surface area (Å²) in [5, 5.41) is 9.36. The number of nitrogens with two attached hydrogens (primary N) is 1. The van der Waals surface area contributed by atoms with E-state index in [9.17, 15) is 9.90 Å². The minimum Gasteiger partial charge on any atom is -0.508 e. The van der Waals surface area contributed by atoms with Crippen LogP contribution in [0.25, 0.3) is 0 Å². The number of carbonyl (C=O) groups is 1. The van der Waals surface area contributed by atoms with Crippen molar-refractivity contribution in [3.8, 4) is 5.75 Å². The average Bonchev–Trinajstić information content (AvgIpc) is 2.32. The van der Waals surface area contributed by atoms with Gasteiger partial charge in [-0.15, -0.1) is 0 Å². The van der Waals surface area contributed by atoms with Crippen molar-refractivity contribution in [2.24, 2.45) is 11.7 Å². The molecule has 1 aliphatic rings. The summed E-state index contributed by atoms with van der Waals surface area (Å²) in [4.78, 5) is 14.2. The molecular weight excluding hydrogens is 228 g/mol. The number of amides is 1. The number of aryl methyl sites for hydroxylation is 1. The summed E-state index contributed by atoms with van der Waals surface area (Å²) in [5.41, 5.74) is 7.43. The van der Waals surface area contributed by atoms with Gasteiger partial charge in [-0.2, -0.15) is 0 Å². The van der Waals surface area contributed by atoms with Crippen molar-refractivity contribution in [3.63, 3.8) is 0 Å². The molecule has 1 amide bonds. The van der Waals surface area contributed by atoms with Crippen molar-refractivity contribution in [3.05, 3.63) is 29.3 Å². The molecule has 0 aromatic heterocycles. The van der Waals surface area contributed by atoms with Gasteiger partial charge in [-0.25, -0.2) is 0 Å². The number of hydrogen-bond acceptors (Lipinski definition) is 3. The summed E-state index contributed by atoms with van der Waals surface area (Å²) >= 11 is 0. The summed E-state index contributed by atoms with van der Waals surface area (Å²) < 4.78 is 0. The Morgan fingerprint density at radius 1 is 1.50 bits per heavy atom. The van der Waals surface area contributed by atoms with Crippen molar-refractivity contribution in [1.82, 2.24) is 4.90 Å². The third kappa shape index (κ3) is 2.48. The van der Waals surface area contributed by atoms with Crippen LogP contribution in [0.5, 0.6) is 5.75 Å². The third-order valence-electron chi connectivity index (χ3n) is 3.70. The first kappa shape index (κ1) is 12.9. The predicted octanol–water partition coefficient (Wildman–Crippen LogP) is 1.51. The smallest absolute Gasteiger partial charge is 0.254 e. The second kappa shape index (κ2) is 4.98. The molecule has 1 aromatic rings. The lowest BCUT2D eigenvalue weighted by Gasteiger charge is -2.35. The fraction of sp³-hybridized carbons (Fsp3) is 0.500. The molecule has 0 bridgehead atoms. The van der Waals surface area contributed by atoms with E-state index >= 15 is 0 Å². The van der Waals surface area contributed by atoms with E-state index in [1.807, 2.05) is 11.8 Å². The summed E-state index contributed by atoms with van der Waals surface area (Å²) in [7, 11) is 0. The van der Waals surface area contributed by atoms with Gasteiger partial charge in [0.1, 0.15) is 5.75 Å². The van der Waals surface area contributed by atoms with Gasteiger partial charge in [0, 0.05) is 24.7 Å². The van der Waals surface area contributed by atoms with E-state index < -0.39 is 0 Å². The number of carbonyl (C=O) groups excluding carboxylic acids is 1. The molecular formula is C14H20N2O2. The number of phenols is 1. The zero-order valence-corrected chi connectivity index (χ0v) is 10.9. The van der Waals surface area contributed by atoms with Crippen molar-refractivity contribution < 1.29 is 9.90 Å². The molecule has 3 N–H and O–H groups in total. The van der Waals surface area contributed by atoms with Gasteiger partial charge in [0.2, 0.25) is 0 Å². The van der Waals surface area contributed by atoms with Gasteiger partial charge in [-0.1, -0.05) is 6.92 Å². The SMILES string of the molecule is Cc1cc(O)ccc1C(=O)N1CCC(N)C(C)C1. The number of nitrogens with zero attached hydrogens (tertiary/aromatic N) is 1. The normalized spacial score (nSPS) is 24.1. The fourth-order valence-electron chi connectivity index (χ4n) is 2.41. The number of hydrogen-bond donors (Lipinski definition) is 2. The second-order valence-corrected chi connectivity index (χ2v) is 5.18. The predicted molar refractivity (Wildman–Crippen MR) is 70.5 cm³/mol. The molecule has 0 aliphatic carbocycles. The second-order valence-electron chi connectivity index (χ2n) is 5.18. The van der Waals surface area contributed by atoms with E-state index in [0.717, 1.165) is 12.0 Å². The molecule has 0 spiro atoms. The molecule has 0 radical (unpaired) electrons. The van der Waals surface area contributed by atoms with Gasteiger partial charge < -0.3 is 15.7 Å². The molecule has 4 nitrogen and oxygen atoms in total. The molecule has 1 heterocycles. The van der Waals surface area contributed by atoms with Crippen LogP contribution >= 0.6 is 0 Å². The highest BCUT2D eigenvalue weighted by Gasteiger charge is 2.27. The van der Waals surface area contributed by atoms with Crippen LogP contribution in [-0.2, 0) is 0 Å². The Morgan fingerprint density at radius 2 is 2.22 bits per heavy atom. The molecule has 2 unspecified atom stereocenters. The Morgan fingerprint density at radius 3 is 2.83 bits per heavy atom. The van der Waals surface area contributed by atoms with Crippen LogP contribution in [0.2, 0.25) is 0 Å². The minimum absolute atomic E-state index is 0.0336. The van der Waals surface area contributed by atoms with Crippen molar-refractivity contribution in [2.45, 2.75) is 26.3 Å². The summed E-state index contributed by atoms with van der Waals surface area (Å²) in [5.74, 6) is 0.560. The Hall–Kier alpha value is -1.55. The maximum atomic E-state index is 12.4.